The Morgan fingerprint density at radius 1 is 1.38 bits per heavy atom. The van der Waals surface area contributed by atoms with Gasteiger partial charge in [-0.3, -0.25) is 9.79 Å². The number of amides is 1. The molecule has 1 unspecified atom stereocenters. The van der Waals surface area contributed by atoms with E-state index < -0.39 is 0 Å². The highest BCUT2D eigenvalue weighted by molar-refractivity contribution is 14.0. The zero-order valence-corrected chi connectivity index (χ0v) is 18.4. The highest BCUT2D eigenvalue weighted by Gasteiger charge is 2.15. The SMILES string of the molecule is CCNC(=NCC1CCCO1)NCCC(=O)Nc1ccc(C)cc1Cl.I. The molecule has 6 nitrogen and oxygen atoms in total. The van der Waals surface area contributed by atoms with Gasteiger partial charge in [0.15, 0.2) is 5.96 Å². The van der Waals surface area contributed by atoms with Crippen LogP contribution in [0.2, 0.25) is 5.02 Å². The number of nitrogens with one attached hydrogen (secondary N) is 3. The van der Waals surface area contributed by atoms with Gasteiger partial charge in [-0.15, -0.1) is 24.0 Å². The lowest BCUT2D eigenvalue weighted by Gasteiger charge is -2.13. The van der Waals surface area contributed by atoms with Crippen LogP contribution in [-0.2, 0) is 9.53 Å². The Morgan fingerprint density at radius 3 is 2.85 bits per heavy atom. The van der Waals surface area contributed by atoms with Gasteiger partial charge in [-0.1, -0.05) is 17.7 Å². The molecule has 0 bridgehead atoms. The van der Waals surface area contributed by atoms with Gasteiger partial charge in [0.05, 0.1) is 23.4 Å². The molecule has 1 atom stereocenters. The van der Waals surface area contributed by atoms with E-state index in [1.165, 1.54) is 0 Å². The first kappa shape index (κ1) is 23.0. The van der Waals surface area contributed by atoms with E-state index in [1.54, 1.807) is 0 Å². The maximum absolute atomic E-state index is 12.1. The third-order valence-electron chi connectivity index (χ3n) is 3.86. The Morgan fingerprint density at radius 2 is 2.19 bits per heavy atom. The number of halogens is 2. The minimum Gasteiger partial charge on any atom is -0.376 e. The molecule has 0 aromatic heterocycles. The number of hydrogen-bond acceptors (Lipinski definition) is 3. The lowest BCUT2D eigenvalue weighted by Crippen LogP contribution is -2.39. The summed E-state index contributed by atoms with van der Waals surface area (Å²) in [7, 11) is 0. The van der Waals surface area contributed by atoms with Crippen molar-refractivity contribution in [3.05, 3.63) is 28.8 Å². The van der Waals surface area contributed by atoms with Crippen LogP contribution in [0.4, 0.5) is 5.69 Å². The molecule has 2 rings (SSSR count). The van der Waals surface area contributed by atoms with Crippen LogP contribution in [-0.4, -0.2) is 44.2 Å². The second-order valence-corrected chi connectivity index (χ2v) is 6.47. The van der Waals surface area contributed by atoms with Crippen molar-refractivity contribution in [1.29, 1.82) is 0 Å². The first-order valence-corrected chi connectivity index (χ1v) is 9.16. The molecule has 8 heteroatoms. The average molecular weight is 495 g/mol. The summed E-state index contributed by atoms with van der Waals surface area (Å²) in [6.45, 7) is 6.69. The molecule has 1 amide bonds. The summed E-state index contributed by atoms with van der Waals surface area (Å²) in [6, 6.07) is 5.56. The van der Waals surface area contributed by atoms with Crippen molar-refractivity contribution in [2.45, 2.75) is 39.2 Å². The molecular weight excluding hydrogens is 467 g/mol. The molecule has 1 aromatic carbocycles. The number of carbonyl (C=O) groups is 1. The van der Waals surface area contributed by atoms with Crippen molar-refractivity contribution in [3.8, 4) is 0 Å². The quantitative estimate of drug-likeness (QED) is 0.309. The van der Waals surface area contributed by atoms with E-state index in [0.29, 0.717) is 36.2 Å². The standard InChI is InChI=1S/C18H27ClN4O2.HI/c1-3-20-18(22-12-14-5-4-10-25-14)21-9-8-17(24)23-16-7-6-13(2)11-15(16)19;/h6-7,11,14H,3-5,8-10,12H2,1-2H3,(H,23,24)(H2,20,21,22);1H. The molecule has 0 aliphatic carbocycles. The third-order valence-corrected chi connectivity index (χ3v) is 4.18. The molecule has 1 aliphatic heterocycles. The Hall–Kier alpha value is -1.06. The number of rotatable bonds is 7. The van der Waals surface area contributed by atoms with Crippen molar-refractivity contribution >= 4 is 53.1 Å². The van der Waals surface area contributed by atoms with E-state index in [1.807, 2.05) is 32.0 Å². The summed E-state index contributed by atoms with van der Waals surface area (Å²) in [5.41, 5.74) is 1.69. The van der Waals surface area contributed by atoms with Crippen LogP contribution in [0.15, 0.2) is 23.2 Å². The molecule has 1 aromatic rings. The number of ether oxygens (including phenoxy) is 1. The number of guanidine groups is 1. The largest absolute Gasteiger partial charge is 0.376 e. The summed E-state index contributed by atoms with van der Waals surface area (Å²) in [5.74, 6) is 0.618. The van der Waals surface area contributed by atoms with Gasteiger partial charge in [0, 0.05) is 26.1 Å². The molecular formula is C18H28ClIN4O2. The van der Waals surface area contributed by atoms with Crippen LogP contribution in [0, 0.1) is 6.92 Å². The summed E-state index contributed by atoms with van der Waals surface area (Å²) >= 11 is 6.13. The number of aliphatic imine (C=N–C) groups is 1. The molecule has 1 heterocycles. The lowest BCUT2D eigenvalue weighted by molar-refractivity contribution is -0.116. The fourth-order valence-corrected chi connectivity index (χ4v) is 2.83. The number of benzene rings is 1. The van der Waals surface area contributed by atoms with Crippen molar-refractivity contribution < 1.29 is 9.53 Å². The normalized spacial score (nSPS) is 16.7. The van der Waals surface area contributed by atoms with Gasteiger partial charge in [0.1, 0.15) is 0 Å². The topological polar surface area (TPSA) is 74.8 Å². The van der Waals surface area contributed by atoms with Crippen LogP contribution in [0.1, 0.15) is 31.7 Å². The second kappa shape index (κ2) is 12.3. The van der Waals surface area contributed by atoms with Crippen LogP contribution < -0.4 is 16.0 Å². The van der Waals surface area contributed by atoms with Crippen molar-refractivity contribution in [2.75, 3.05) is 31.6 Å². The Balaban J connectivity index is 0.00000338. The summed E-state index contributed by atoms with van der Waals surface area (Å²) in [4.78, 5) is 16.6. The zero-order chi connectivity index (χ0) is 18.1. The van der Waals surface area contributed by atoms with E-state index in [4.69, 9.17) is 16.3 Å². The first-order valence-electron chi connectivity index (χ1n) is 8.78. The molecule has 0 radical (unpaired) electrons. The van der Waals surface area contributed by atoms with Crippen molar-refractivity contribution in [2.24, 2.45) is 4.99 Å². The minimum absolute atomic E-state index is 0. The maximum atomic E-state index is 12.1. The molecule has 3 N–H and O–H groups in total. The fourth-order valence-electron chi connectivity index (χ4n) is 2.55. The molecule has 26 heavy (non-hydrogen) atoms. The first-order chi connectivity index (χ1) is 12.1. The van der Waals surface area contributed by atoms with E-state index in [9.17, 15) is 4.79 Å². The zero-order valence-electron chi connectivity index (χ0n) is 15.3. The molecule has 146 valence electrons. The fraction of sp³-hybridized carbons (Fsp3) is 0.556. The molecule has 1 aliphatic rings. The Bertz CT molecular complexity index is 607. The van der Waals surface area contributed by atoms with Gasteiger partial charge in [-0.05, 0) is 44.4 Å². The number of carbonyl (C=O) groups excluding carboxylic acids is 1. The number of nitrogens with zero attached hydrogens (tertiary/aromatic N) is 1. The summed E-state index contributed by atoms with van der Waals surface area (Å²) < 4.78 is 5.57. The van der Waals surface area contributed by atoms with Gasteiger partial charge < -0.3 is 20.7 Å². The van der Waals surface area contributed by atoms with Crippen molar-refractivity contribution in [1.82, 2.24) is 10.6 Å². The Labute approximate surface area is 177 Å². The number of anilines is 1. The van der Waals surface area contributed by atoms with Crippen LogP contribution in [0.5, 0.6) is 0 Å². The van der Waals surface area contributed by atoms with Crippen LogP contribution in [0.25, 0.3) is 0 Å². The predicted octanol–water partition coefficient (Wildman–Crippen LogP) is 3.33. The summed E-state index contributed by atoms with van der Waals surface area (Å²) in [6.07, 6.45) is 2.70. The van der Waals surface area contributed by atoms with Gasteiger partial charge in [0.25, 0.3) is 0 Å². The number of aryl methyl sites for hydroxylation is 1. The monoisotopic (exact) mass is 494 g/mol. The van der Waals surface area contributed by atoms with Crippen LogP contribution in [0.3, 0.4) is 0 Å². The highest BCUT2D eigenvalue weighted by atomic mass is 127. The molecule has 1 fully saturated rings. The van der Waals surface area contributed by atoms with E-state index in [-0.39, 0.29) is 36.0 Å². The highest BCUT2D eigenvalue weighted by Crippen LogP contribution is 2.22. The van der Waals surface area contributed by atoms with E-state index >= 15 is 0 Å². The van der Waals surface area contributed by atoms with E-state index in [0.717, 1.165) is 31.6 Å². The minimum atomic E-state index is -0.0896. The smallest absolute Gasteiger partial charge is 0.226 e. The third kappa shape index (κ3) is 8.09. The van der Waals surface area contributed by atoms with E-state index in [2.05, 4.69) is 20.9 Å². The average Bonchev–Trinajstić information content (AvgIpc) is 3.09. The second-order valence-electron chi connectivity index (χ2n) is 6.06. The van der Waals surface area contributed by atoms with Gasteiger partial charge in [-0.25, -0.2) is 0 Å². The lowest BCUT2D eigenvalue weighted by atomic mass is 10.2. The van der Waals surface area contributed by atoms with Gasteiger partial charge in [0.2, 0.25) is 5.91 Å². The van der Waals surface area contributed by atoms with Gasteiger partial charge >= 0.3 is 0 Å². The summed E-state index contributed by atoms with van der Waals surface area (Å²) in [5, 5.41) is 9.73. The molecule has 0 saturated carbocycles. The predicted molar refractivity (Wildman–Crippen MR) is 118 cm³/mol. The number of hydrogen-bond donors (Lipinski definition) is 3. The van der Waals surface area contributed by atoms with Crippen LogP contribution >= 0.6 is 35.6 Å². The van der Waals surface area contributed by atoms with Crippen molar-refractivity contribution in [3.63, 3.8) is 0 Å². The van der Waals surface area contributed by atoms with Gasteiger partial charge in [-0.2, -0.15) is 0 Å². The molecule has 0 spiro atoms. The maximum Gasteiger partial charge on any atom is 0.226 e. The molecule has 1 saturated heterocycles. The Kier molecular flexibility index (Phi) is 10.9.